The minimum atomic E-state index is 0.0180. The van der Waals surface area contributed by atoms with Crippen LogP contribution in [0.15, 0.2) is 22.7 Å². The van der Waals surface area contributed by atoms with Crippen LogP contribution in [-0.2, 0) is 0 Å². The van der Waals surface area contributed by atoms with Crippen LogP contribution in [0.25, 0.3) is 0 Å². The number of carbonyl (C=O) groups is 1. The second-order valence-corrected chi connectivity index (χ2v) is 7.59. The highest BCUT2D eigenvalue weighted by Gasteiger charge is 2.29. The number of hydrogen-bond acceptors (Lipinski definition) is 2. The molecular weight excluding hydrogens is 310 g/mol. The lowest BCUT2D eigenvalue weighted by Gasteiger charge is -2.22. The normalized spacial score (nSPS) is 23.1. The summed E-state index contributed by atoms with van der Waals surface area (Å²) >= 11 is 5.42. The quantitative estimate of drug-likeness (QED) is 0.915. The van der Waals surface area contributed by atoms with Crippen LogP contribution in [0.4, 0.5) is 0 Å². The predicted molar refractivity (Wildman–Crippen MR) is 81.3 cm³/mol. The van der Waals surface area contributed by atoms with Crippen LogP contribution in [0.1, 0.15) is 35.7 Å². The van der Waals surface area contributed by atoms with Gasteiger partial charge in [0.15, 0.2) is 0 Å². The Morgan fingerprint density at radius 1 is 1.56 bits per heavy atom. The molecule has 1 unspecified atom stereocenters. The summed E-state index contributed by atoms with van der Waals surface area (Å²) in [6.45, 7) is 5.00. The number of rotatable bonds is 3. The van der Waals surface area contributed by atoms with E-state index < -0.39 is 0 Å². The maximum absolute atomic E-state index is 12.1. The Bertz CT molecular complexity index is 455. The summed E-state index contributed by atoms with van der Waals surface area (Å²) in [6.07, 6.45) is 2.45. The van der Waals surface area contributed by atoms with Crippen LogP contribution in [0.5, 0.6) is 0 Å². The molecule has 0 bridgehead atoms. The number of nitrogens with one attached hydrogen (secondary N) is 1. The molecule has 1 N–H and O–H groups in total. The van der Waals surface area contributed by atoms with Crippen molar-refractivity contribution in [3.63, 3.8) is 0 Å². The van der Waals surface area contributed by atoms with E-state index in [0.717, 1.165) is 22.1 Å². The molecule has 98 valence electrons. The maximum atomic E-state index is 12.1. The Kier molecular flexibility index (Phi) is 4.38. The summed E-state index contributed by atoms with van der Waals surface area (Å²) in [4.78, 5) is 12.1. The lowest BCUT2D eigenvalue weighted by Crippen LogP contribution is -2.36. The lowest BCUT2D eigenvalue weighted by atomic mass is 10.1. The van der Waals surface area contributed by atoms with Gasteiger partial charge in [-0.15, -0.1) is 0 Å². The van der Waals surface area contributed by atoms with Crippen molar-refractivity contribution < 1.29 is 4.79 Å². The molecule has 18 heavy (non-hydrogen) atoms. The highest BCUT2D eigenvalue weighted by Crippen LogP contribution is 2.37. The highest BCUT2D eigenvalue weighted by molar-refractivity contribution is 9.10. The Balaban J connectivity index is 1.97. The average molecular weight is 328 g/mol. The fourth-order valence-corrected chi connectivity index (χ4v) is 3.70. The first-order valence-electron chi connectivity index (χ1n) is 6.18. The van der Waals surface area contributed by atoms with E-state index in [9.17, 15) is 4.79 Å². The Morgan fingerprint density at radius 2 is 2.33 bits per heavy atom. The number of aryl methyl sites for hydroxylation is 1. The number of halogens is 1. The molecule has 0 radical (unpaired) electrons. The Labute approximate surface area is 121 Å². The van der Waals surface area contributed by atoms with E-state index in [1.165, 1.54) is 18.6 Å². The minimum Gasteiger partial charge on any atom is -0.351 e. The van der Waals surface area contributed by atoms with Crippen molar-refractivity contribution in [3.8, 4) is 0 Å². The van der Waals surface area contributed by atoms with E-state index in [0.29, 0.717) is 0 Å². The van der Waals surface area contributed by atoms with Crippen LogP contribution >= 0.6 is 27.7 Å². The van der Waals surface area contributed by atoms with Gasteiger partial charge in [0, 0.05) is 21.3 Å². The van der Waals surface area contributed by atoms with E-state index in [4.69, 9.17) is 0 Å². The second-order valence-electron chi connectivity index (χ2n) is 5.05. The van der Waals surface area contributed by atoms with E-state index >= 15 is 0 Å². The molecule has 1 atom stereocenters. The van der Waals surface area contributed by atoms with Crippen molar-refractivity contribution in [2.75, 3.05) is 12.3 Å². The standard InChI is InChI=1S/C14H18BrNOS/c1-10-4-5-11(8-12(10)15)13(17)16-9-14(2)6-3-7-18-14/h4-5,8H,3,6-7,9H2,1-2H3,(H,16,17). The predicted octanol–water partition coefficient (Wildman–Crippen LogP) is 3.77. The van der Waals surface area contributed by atoms with Gasteiger partial charge in [-0.25, -0.2) is 0 Å². The zero-order chi connectivity index (χ0) is 13.2. The van der Waals surface area contributed by atoms with Crippen molar-refractivity contribution in [1.82, 2.24) is 5.32 Å². The van der Waals surface area contributed by atoms with Crippen molar-refractivity contribution in [1.29, 1.82) is 0 Å². The van der Waals surface area contributed by atoms with E-state index in [-0.39, 0.29) is 10.7 Å². The number of thioether (sulfide) groups is 1. The molecule has 1 aliphatic rings. The lowest BCUT2D eigenvalue weighted by molar-refractivity contribution is 0.0950. The number of carbonyl (C=O) groups excluding carboxylic acids is 1. The highest BCUT2D eigenvalue weighted by atomic mass is 79.9. The molecule has 0 spiro atoms. The fourth-order valence-electron chi connectivity index (χ4n) is 2.08. The number of amides is 1. The van der Waals surface area contributed by atoms with Gasteiger partial charge >= 0.3 is 0 Å². The smallest absolute Gasteiger partial charge is 0.251 e. The van der Waals surface area contributed by atoms with Gasteiger partial charge in [0.05, 0.1) is 0 Å². The third-order valence-electron chi connectivity index (χ3n) is 3.36. The third-order valence-corrected chi connectivity index (χ3v) is 5.75. The molecule has 2 nitrogen and oxygen atoms in total. The topological polar surface area (TPSA) is 29.1 Å². The molecular formula is C14H18BrNOS. The first-order chi connectivity index (χ1) is 8.50. The third kappa shape index (κ3) is 3.29. The summed E-state index contributed by atoms with van der Waals surface area (Å²) in [6, 6.07) is 5.72. The first-order valence-corrected chi connectivity index (χ1v) is 7.96. The molecule has 1 aliphatic heterocycles. The molecule has 1 fully saturated rings. The van der Waals surface area contributed by atoms with Gasteiger partial charge in [-0.05, 0) is 50.1 Å². The van der Waals surface area contributed by atoms with Crippen LogP contribution in [-0.4, -0.2) is 23.0 Å². The molecule has 2 rings (SSSR count). The maximum Gasteiger partial charge on any atom is 0.251 e. The molecule has 1 aromatic rings. The molecule has 1 saturated heterocycles. The van der Waals surface area contributed by atoms with Gasteiger partial charge in [0.2, 0.25) is 0 Å². The monoisotopic (exact) mass is 327 g/mol. The average Bonchev–Trinajstić information content (AvgIpc) is 2.77. The van der Waals surface area contributed by atoms with E-state index in [1.54, 1.807) is 0 Å². The summed E-state index contributed by atoms with van der Waals surface area (Å²) in [5, 5.41) is 3.05. The van der Waals surface area contributed by atoms with Crippen LogP contribution < -0.4 is 5.32 Å². The number of hydrogen-bond donors (Lipinski definition) is 1. The van der Waals surface area contributed by atoms with Crippen LogP contribution in [0.2, 0.25) is 0 Å². The molecule has 1 heterocycles. The molecule has 0 saturated carbocycles. The summed E-state index contributed by atoms with van der Waals surface area (Å²) in [7, 11) is 0. The first kappa shape index (κ1) is 13.9. The summed E-state index contributed by atoms with van der Waals surface area (Å²) in [5.74, 6) is 1.23. The molecule has 0 aromatic heterocycles. The van der Waals surface area contributed by atoms with Gasteiger partial charge in [-0.2, -0.15) is 11.8 Å². The Hall–Kier alpha value is -0.480. The molecule has 1 amide bonds. The van der Waals surface area contributed by atoms with Crippen LogP contribution in [0, 0.1) is 6.92 Å². The van der Waals surface area contributed by atoms with Gasteiger partial charge < -0.3 is 5.32 Å². The fraction of sp³-hybridized carbons (Fsp3) is 0.500. The second kappa shape index (κ2) is 5.66. The molecule has 1 aromatic carbocycles. The molecule has 0 aliphatic carbocycles. The number of benzene rings is 1. The molecule has 4 heteroatoms. The zero-order valence-electron chi connectivity index (χ0n) is 10.8. The minimum absolute atomic E-state index is 0.0180. The van der Waals surface area contributed by atoms with Gasteiger partial charge in [0.1, 0.15) is 0 Å². The summed E-state index contributed by atoms with van der Waals surface area (Å²) in [5.41, 5.74) is 1.86. The van der Waals surface area contributed by atoms with Crippen molar-refractivity contribution in [2.45, 2.75) is 31.4 Å². The zero-order valence-corrected chi connectivity index (χ0v) is 13.2. The van der Waals surface area contributed by atoms with Crippen molar-refractivity contribution in [2.24, 2.45) is 0 Å². The van der Waals surface area contributed by atoms with E-state index in [1.807, 2.05) is 36.9 Å². The van der Waals surface area contributed by atoms with Gasteiger partial charge in [0.25, 0.3) is 5.91 Å². The van der Waals surface area contributed by atoms with Gasteiger partial charge in [-0.1, -0.05) is 22.0 Å². The van der Waals surface area contributed by atoms with Crippen LogP contribution in [0.3, 0.4) is 0 Å². The van der Waals surface area contributed by atoms with Crippen molar-refractivity contribution in [3.05, 3.63) is 33.8 Å². The van der Waals surface area contributed by atoms with Crippen molar-refractivity contribution >= 4 is 33.6 Å². The summed E-state index contributed by atoms with van der Waals surface area (Å²) < 4.78 is 1.20. The SMILES string of the molecule is Cc1ccc(C(=O)NCC2(C)CCCS2)cc1Br. The largest absolute Gasteiger partial charge is 0.351 e. The Morgan fingerprint density at radius 3 is 2.94 bits per heavy atom. The van der Waals surface area contributed by atoms with Gasteiger partial charge in [-0.3, -0.25) is 4.79 Å². The van der Waals surface area contributed by atoms with E-state index in [2.05, 4.69) is 28.2 Å².